The minimum Gasteiger partial charge on any atom is -0.425 e. The minimum atomic E-state index is -0.280. The topological polar surface area (TPSA) is 26.3 Å². The molecule has 0 amide bonds. The van der Waals surface area contributed by atoms with Gasteiger partial charge in [-0.05, 0) is 24.6 Å². The molecule has 0 radical (unpaired) electrons. The van der Waals surface area contributed by atoms with Crippen LogP contribution in [0.1, 0.15) is 18.9 Å². The number of hydrogen-bond donors (Lipinski definition) is 0. The highest BCUT2D eigenvalue weighted by Crippen LogP contribution is 2.32. The van der Waals surface area contributed by atoms with Crippen LogP contribution in [0.5, 0.6) is 5.75 Å². The molecule has 0 spiro atoms. The Morgan fingerprint density at radius 1 is 1.57 bits per heavy atom. The van der Waals surface area contributed by atoms with Gasteiger partial charge in [0.05, 0.1) is 5.02 Å². The molecule has 1 rings (SSSR count). The van der Waals surface area contributed by atoms with Gasteiger partial charge in [-0.2, -0.15) is 0 Å². The molecule has 2 nitrogen and oxygen atoms in total. The quantitative estimate of drug-likeness (QED) is 0.608. The molecular formula is C10H10BrClO2. The van der Waals surface area contributed by atoms with Gasteiger partial charge in [-0.3, -0.25) is 4.79 Å². The van der Waals surface area contributed by atoms with Crippen LogP contribution in [0.3, 0.4) is 0 Å². The normalized spacial score (nSPS) is 10.0. The van der Waals surface area contributed by atoms with Crippen molar-refractivity contribution >= 4 is 33.5 Å². The summed E-state index contributed by atoms with van der Waals surface area (Å²) in [5.41, 5.74) is 0.839. The van der Waals surface area contributed by atoms with Gasteiger partial charge in [0.1, 0.15) is 0 Å². The molecule has 4 heteroatoms. The van der Waals surface area contributed by atoms with Crippen LogP contribution in [-0.2, 0) is 4.79 Å². The predicted octanol–water partition coefficient (Wildman–Crippen LogP) is 3.73. The first-order valence-electron chi connectivity index (χ1n) is 4.21. The second-order valence-corrected chi connectivity index (χ2v) is 4.18. The fourth-order valence-electron chi connectivity index (χ4n) is 1.00. The second kappa shape index (κ2) is 4.80. The van der Waals surface area contributed by atoms with Crippen molar-refractivity contribution in [3.05, 3.63) is 27.2 Å². The van der Waals surface area contributed by atoms with Crippen LogP contribution < -0.4 is 4.74 Å². The second-order valence-electron chi connectivity index (χ2n) is 2.86. The van der Waals surface area contributed by atoms with Gasteiger partial charge >= 0.3 is 5.97 Å². The molecule has 0 bridgehead atoms. The van der Waals surface area contributed by atoms with E-state index in [0.717, 1.165) is 10.0 Å². The highest BCUT2D eigenvalue weighted by molar-refractivity contribution is 9.10. The Morgan fingerprint density at radius 2 is 2.21 bits per heavy atom. The van der Waals surface area contributed by atoms with E-state index in [1.807, 2.05) is 13.0 Å². The number of aryl methyl sites for hydroxylation is 1. The molecular weight excluding hydrogens is 267 g/mol. The van der Waals surface area contributed by atoms with Gasteiger partial charge in [-0.1, -0.05) is 34.5 Å². The van der Waals surface area contributed by atoms with Crippen LogP contribution >= 0.6 is 27.5 Å². The summed E-state index contributed by atoms with van der Waals surface area (Å²) in [6.07, 6.45) is 0.339. The van der Waals surface area contributed by atoms with Crippen molar-refractivity contribution < 1.29 is 9.53 Å². The lowest BCUT2D eigenvalue weighted by molar-refractivity contribution is -0.134. The Morgan fingerprint density at radius 3 is 2.71 bits per heavy atom. The fourth-order valence-corrected chi connectivity index (χ4v) is 2.01. The first-order chi connectivity index (χ1) is 6.54. The van der Waals surface area contributed by atoms with Gasteiger partial charge < -0.3 is 4.74 Å². The molecule has 0 unspecified atom stereocenters. The maximum atomic E-state index is 11.1. The molecule has 0 aliphatic heterocycles. The third-order valence-electron chi connectivity index (χ3n) is 1.70. The van der Waals surface area contributed by atoms with E-state index < -0.39 is 0 Å². The molecule has 0 saturated carbocycles. The van der Waals surface area contributed by atoms with Crippen LogP contribution in [-0.4, -0.2) is 5.97 Å². The molecule has 0 fully saturated rings. The molecule has 0 saturated heterocycles. The lowest BCUT2D eigenvalue weighted by atomic mass is 10.2. The van der Waals surface area contributed by atoms with E-state index in [-0.39, 0.29) is 5.97 Å². The molecule has 0 heterocycles. The summed E-state index contributed by atoms with van der Waals surface area (Å²) in [5, 5.41) is 0.443. The fraction of sp³-hybridized carbons (Fsp3) is 0.300. The average molecular weight is 278 g/mol. The zero-order valence-corrected chi connectivity index (χ0v) is 10.3. The summed E-state index contributed by atoms with van der Waals surface area (Å²) in [6, 6.07) is 3.55. The molecule has 1 aromatic rings. The number of rotatable bonds is 2. The predicted molar refractivity (Wildman–Crippen MR) is 59.8 cm³/mol. The summed E-state index contributed by atoms with van der Waals surface area (Å²) < 4.78 is 5.96. The number of carbonyl (C=O) groups is 1. The molecule has 1 aromatic carbocycles. The van der Waals surface area contributed by atoms with E-state index in [2.05, 4.69) is 15.9 Å². The Hall–Kier alpha value is -0.540. The highest BCUT2D eigenvalue weighted by Gasteiger charge is 2.10. The van der Waals surface area contributed by atoms with Crippen molar-refractivity contribution in [3.63, 3.8) is 0 Å². The number of carbonyl (C=O) groups excluding carboxylic acids is 1. The SMILES string of the molecule is CCC(=O)Oc1c(C)cc(Br)cc1Cl. The van der Waals surface area contributed by atoms with Crippen molar-refractivity contribution in [1.82, 2.24) is 0 Å². The Labute approximate surface area is 96.3 Å². The maximum Gasteiger partial charge on any atom is 0.310 e. The first-order valence-corrected chi connectivity index (χ1v) is 5.38. The van der Waals surface area contributed by atoms with E-state index >= 15 is 0 Å². The average Bonchev–Trinajstić information content (AvgIpc) is 2.10. The largest absolute Gasteiger partial charge is 0.425 e. The van der Waals surface area contributed by atoms with Crippen LogP contribution in [0.15, 0.2) is 16.6 Å². The third-order valence-corrected chi connectivity index (χ3v) is 2.44. The molecule has 76 valence electrons. The molecule has 14 heavy (non-hydrogen) atoms. The van der Waals surface area contributed by atoms with Crippen molar-refractivity contribution in [3.8, 4) is 5.75 Å². The van der Waals surface area contributed by atoms with Crippen LogP contribution in [0.25, 0.3) is 0 Å². The maximum absolute atomic E-state index is 11.1. The summed E-state index contributed by atoms with van der Waals surface area (Å²) in [6.45, 7) is 3.58. The van der Waals surface area contributed by atoms with Crippen LogP contribution in [0.2, 0.25) is 5.02 Å². The lowest BCUT2D eigenvalue weighted by Gasteiger charge is -2.08. The van der Waals surface area contributed by atoms with Crippen LogP contribution in [0.4, 0.5) is 0 Å². The smallest absolute Gasteiger partial charge is 0.310 e. The van der Waals surface area contributed by atoms with Gasteiger partial charge in [-0.15, -0.1) is 0 Å². The molecule has 0 aliphatic rings. The number of ether oxygens (including phenoxy) is 1. The molecule has 0 N–H and O–H groups in total. The summed E-state index contributed by atoms with van der Waals surface area (Å²) in [4.78, 5) is 11.1. The van der Waals surface area contributed by atoms with Gasteiger partial charge in [0.25, 0.3) is 0 Å². The van der Waals surface area contributed by atoms with E-state index in [1.165, 1.54) is 0 Å². The van der Waals surface area contributed by atoms with Gasteiger partial charge in [0.15, 0.2) is 5.75 Å². The molecule has 0 atom stereocenters. The van der Waals surface area contributed by atoms with Crippen molar-refractivity contribution in [2.45, 2.75) is 20.3 Å². The highest BCUT2D eigenvalue weighted by atomic mass is 79.9. The number of halogens is 2. The van der Waals surface area contributed by atoms with E-state index in [9.17, 15) is 4.79 Å². The molecule has 0 aromatic heterocycles. The summed E-state index contributed by atoms with van der Waals surface area (Å²) in [5.74, 6) is 0.166. The monoisotopic (exact) mass is 276 g/mol. The number of hydrogen-bond acceptors (Lipinski definition) is 2. The first kappa shape index (κ1) is 11.5. The van der Waals surface area contributed by atoms with Gasteiger partial charge in [-0.25, -0.2) is 0 Å². The Kier molecular flexibility index (Phi) is 3.96. The van der Waals surface area contributed by atoms with Gasteiger partial charge in [0, 0.05) is 10.9 Å². The van der Waals surface area contributed by atoms with E-state index in [0.29, 0.717) is 17.2 Å². The summed E-state index contributed by atoms with van der Waals surface area (Å²) >= 11 is 9.23. The Balaban J connectivity index is 3.02. The molecule has 0 aliphatic carbocycles. The minimum absolute atomic E-state index is 0.280. The van der Waals surface area contributed by atoms with Crippen molar-refractivity contribution in [1.29, 1.82) is 0 Å². The third kappa shape index (κ3) is 2.72. The lowest BCUT2D eigenvalue weighted by Crippen LogP contribution is -2.07. The zero-order valence-electron chi connectivity index (χ0n) is 7.93. The zero-order chi connectivity index (χ0) is 10.7. The van der Waals surface area contributed by atoms with Gasteiger partial charge in [0.2, 0.25) is 0 Å². The van der Waals surface area contributed by atoms with Crippen LogP contribution in [0, 0.1) is 6.92 Å². The van der Waals surface area contributed by atoms with Crippen molar-refractivity contribution in [2.75, 3.05) is 0 Å². The number of esters is 1. The van der Waals surface area contributed by atoms with E-state index in [4.69, 9.17) is 16.3 Å². The number of benzene rings is 1. The summed E-state index contributed by atoms with van der Waals surface area (Å²) in [7, 11) is 0. The van der Waals surface area contributed by atoms with E-state index in [1.54, 1.807) is 13.0 Å². The standard InChI is InChI=1S/C10H10BrClO2/c1-3-9(13)14-10-6(2)4-7(11)5-8(10)12/h4-5H,3H2,1-2H3. The van der Waals surface area contributed by atoms with Crippen molar-refractivity contribution in [2.24, 2.45) is 0 Å². The Bertz CT molecular complexity index is 340.